The molecule has 2 N–H and O–H groups in total. The van der Waals surface area contributed by atoms with Crippen molar-refractivity contribution in [2.45, 2.75) is 48.4 Å². The van der Waals surface area contributed by atoms with Gasteiger partial charge in [0.15, 0.2) is 0 Å². The summed E-state index contributed by atoms with van der Waals surface area (Å²) in [4.78, 5) is 14.2. The van der Waals surface area contributed by atoms with Crippen LogP contribution < -0.4 is 5.32 Å². The Morgan fingerprint density at radius 3 is 1.54 bits per heavy atom. The lowest BCUT2D eigenvalue weighted by molar-refractivity contribution is -0.548. The molecule has 0 saturated heterocycles. The van der Waals surface area contributed by atoms with E-state index in [0.717, 1.165) is 0 Å². The minimum Gasteiger partial charge on any atom is -0.290 e. The van der Waals surface area contributed by atoms with Gasteiger partial charge in [-0.15, -0.1) is 0 Å². The van der Waals surface area contributed by atoms with Gasteiger partial charge in [0.1, 0.15) is 6.33 Å². The Morgan fingerprint density at radius 1 is 0.714 bits per heavy atom. The molecule has 1 heterocycles. The molecule has 1 aromatic rings. The van der Waals surface area contributed by atoms with Crippen LogP contribution in [0.1, 0.15) is 0 Å². The summed E-state index contributed by atoms with van der Waals surface area (Å²) in [6.45, 7) is 0. The van der Waals surface area contributed by atoms with Gasteiger partial charge in [-0.1, -0.05) is 0 Å². The van der Waals surface area contributed by atoms with E-state index in [2.05, 4.69) is 10.1 Å². The molecule has 0 aliphatic heterocycles. The van der Waals surface area contributed by atoms with Gasteiger partial charge in [0.05, 0.1) is 0 Å². The van der Waals surface area contributed by atoms with E-state index in [-0.39, 0.29) is 0 Å². The molecule has 0 unspecified atom stereocenters. The lowest BCUT2D eigenvalue weighted by Gasteiger charge is -2.40. The van der Waals surface area contributed by atoms with Gasteiger partial charge < -0.3 is 0 Å². The second kappa shape index (κ2) is 8.48. The average molecular weight is 562 g/mol. The number of hydrogen-bond acceptors (Lipinski definition) is 5. The quantitative estimate of drug-likeness (QED) is 0.452. The maximum absolute atomic E-state index is 14.1. The summed E-state index contributed by atoms with van der Waals surface area (Å²) in [7, 11) is 0. The van der Waals surface area contributed by atoms with Crippen molar-refractivity contribution in [3.63, 3.8) is 0 Å². The average Bonchev–Trinajstić information content (AvgIpc) is 3.10. The lowest BCUT2D eigenvalue weighted by Crippen LogP contribution is -2.68. The van der Waals surface area contributed by atoms with E-state index >= 15 is 0 Å². The van der Waals surface area contributed by atoms with E-state index in [1.54, 1.807) is 0 Å². The first-order valence-corrected chi connectivity index (χ1v) is 7.45. The summed E-state index contributed by atoms with van der Waals surface area (Å²) in [6, 6.07) is 0. The monoisotopic (exact) mass is 562 g/mol. The Hall–Kier alpha value is -2.66. The molecule has 2 atom stereocenters. The van der Waals surface area contributed by atoms with E-state index in [0.29, 0.717) is 11.6 Å². The standard InChI is InChI=1S/C11H3F17N4O3/c12-4(7(16,17)18,2(33)31-3-29-1-30-32-3)34-11(27,28)6(15,9(22,23)24)35-10(25,26)5(13,14)8(19,20)21/h1H,(H2,29,30,31,32,33)/t4-,6-/m0/s1. The molecule has 1 amide bonds. The fourth-order valence-corrected chi connectivity index (χ4v) is 1.62. The van der Waals surface area contributed by atoms with Gasteiger partial charge in [-0.3, -0.25) is 19.6 Å². The number of halogens is 17. The zero-order valence-electron chi connectivity index (χ0n) is 15.1. The Labute approximate surface area is 177 Å². The number of anilines is 1. The number of nitrogens with one attached hydrogen (secondary N) is 2. The first-order chi connectivity index (χ1) is 15.2. The summed E-state index contributed by atoms with van der Waals surface area (Å²) in [5.41, 5.74) is 0. The Bertz CT molecular complexity index is 895. The van der Waals surface area contributed by atoms with Crippen LogP contribution in [-0.2, 0) is 14.3 Å². The molecule has 1 aromatic heterocycles. The predicted octanol–water partition coefficient (Wildman–Crippen LogP) is 4.62. The van der Waals surface area contributed by atoms with Crippen LogP contribution in [0, 0.1) is 0 Å². The minimum atomic E-state index is -8.08. The van der Waals surface area contributed by atoms with Crippen molar-refractivity contribution in [2.24, 2.45) is 0 Å². The molecule has 35 heavy (non-hydrogen) atoms. The van der Waals surface area contributed by atoms with Crippen LogP contribution in [0.4, 0.5) is 80.6 Å². The van der Waals surface area contributed by atoms with E-state index in [1.165, 1.54) is 9.84 Å². The maximum atomic E-state index is 14.1. The third-order valence-electron chi connectivity index (χ3n) is 3.30. The van der Waals surface area contributed by atoms with Crippen molar-refractivity contribution in [2.75, 3.05) is 5.32 Å². The van der Waals surface area contributed by atoms with Crippen LogP contribution in [0.15, 0.2) is 6.33 Å². The fourth-order valence-electron chi connectivity index (χ4n) is 1.62. The molecule has 1 rings (SSSR count). The second-order valence-electron chi connectivity index (χ2n) is 5.78. The first kappa shape index (κ1) is 30.4. The Kier molecular flexibility index (Phi) is 7.36. The Morgan fingerprint density at radius 2 is 1.20 bits per heavy atom. The minimum absolute atomic E-state index is 0.353. The van der Waals surface area contributed by atoms with Gasteiger partial charge in [0, 0.05) is 0 Å². The number of rotatable bonds is 8. The van der Waals surface area contributed by atoms with Crippen LogP contribution in [0.25, 0.3) is 0 Å². The largest absolute Gasteiger partial charge is 0.462 e. The summed E-state index contributed by atoms with van der Waals surface area (Å²) >= 11 is 0. The number of amides is 1. The van der Waals surface area contributed by atoms with Gasteiger partial charge in [-0.2, -0.15) is 84.7 Å². The smallest absolute Gasteiger partial charge is 0.290 e. The third kappa shape index (κ3) is 5.30. The molecular weight excluding hydrogens is 559 g/mol. The highest BCUT2D eigenvalue weighted by Crippen LogP contribution is 2.56. The number of carbonyl (C=O) groups excluding carboxylic acids is 1. The highest BCUT2D eigenvalue weighted by molar-refractivity contribution is 5.95. The van der Waals surface area contributed by atoms with E-state index in [9.17, 15) is 79.4 Å². The van der Waals surface area contributed by atoms with Crippen molar-refractivity contribution >= 4 is 11.9 Å². The fraction of sp³-hybridized carbons (Fsp3) is 0.727. The van der Waals surface area contributed by atoms with Gasteiger partial charge in [-0.05, 0) is 0 Å². The van der Waals surface area contributed by atoms with Crippen LogP contribution in [-0.4, -0.2) is 69.5 Å². The maximum Gasteiger partial charge on any atom is 0.462 e. The number of nitrogens with zero attached hydrogens (tertiary/aromatic N) is 2. The molecular formula is C11H3F17N4O3. The third-order valence-corrected chi connectivity index (χ3v) is 3.30. The number of aromatic nitrogens is 3. The number of H-pyrrole nitrogens is 1. The van der Waals surface area contributed by atoms with Crippen molar-refractivity contribution in [1.82, 2.24) is 15.2 Å². The lowest BCUT2D eigenvalue weighted by atomic mass is 10.2. The van der Waals surface area contributed by atoms with Gasteiger partial charge in [-0.25, -0.2) is 5.10 Å². The molecule has 24 heteroatoms. The van der Waals surface area contributed by atoms with E-state index in [4.69, 9.17) is 0 Å². The number of ether oxygens (including phenoxy) is 2. The normalized spacial score (nSPS) is 18.1. The predicted molar refractivity (Wildman–Crippen MR) is 67.9 cm³/mol. The number of alkyl halides is 17. The number of hydrogen-bond donors (Lipinski definition) is 2. The second-order valence-corrected chi connectivity index (χ2v) is 5.78. The van der Waals surface area contributed by atoms with Gasteiger partial charge >= 0.3 is 54.3 Å². The molecule has 204 valence electrons. The van der Waals surface area contributed by atoms with Crippen LogP contribution >= 0.6 is 0 Å². The number of aromatic amines is 1. The molecule has 0 aliphatic carbocycles. The van der Waals surface area contributed by atoms with Crippen molar-refractivity contribution in [1.29, 1.82) is 0 Å². The molecule has 7 nitrogen and oxygen atoms in total. The van der Waals surface area contributed by atoms with Crippen molar-refractivity contribution < 1.29 is 88.9 Å². The van der Waals surface area contributed by atoms with Crippen LogP contribution in [0.5, 0.6) is 0 Å². The topological polar surface area (TPSA) is 89.1 Å². The molecule has 0 fully saturated rings. The van der Waals surface area contributed by atoms with Crippen LogP contribution in [0.2, 0.25) is 0 Å². The molecule has 0 bridgehead atoms. The zero-order chi connectivity index (χ0) is 28.1. The molecule has 0 aliphatic rings. The van der Waals surface area contributed by atoms with E-state index < -0.39 is 60.2 Å². The van der Waals surface area contributed by atoms with Gasteiger partial charge in [0.25, 0.3) is 0 Å². The Balaban J connectivity index is 3.60. The first-order valence-electron chi connectivity index (χ1n) is 7.45. The van der Waals surface area contributed by atoms with Crippen molar-refractivity contribution in [3.05, 3.63) is 6.33 Å². The van der Waals surface area contributed by atoms with Crippen molar-refractivity contribution in [3.8, 4) is 0 Å². The molecule has 0 radical (unpaired) electrons. The highest BCUT2D eigenvalue weighted by Gasteiger charge is 2.85. The SMILES string of the molecule is O=C(Nc1ncn[nH]1)[C@](F)(OC(F)(F)[C@@](F)(OC(F)(F)C(F)(F)C(F)(F)F)C(F)(F)F)C(F)(F)F. The summed E-state index contributed by atoms with van der Waals surface area (Å²) in [5.74, 6) is -27.8. The van der Waals surface area contributed by atoms with Gasteiger partial charge in [0.2, 0.25) is 5.95 Å². The zero-order valence-corrected chi connectivity index (χ0v) is 15.1. The number of carbonyl (C=O) groups is 1. The summed E-state index contributed by atoms with van der Waals surface area (Å²) in [5, 5.41) is 4.85. The molecule has 0 aromatic carbocycles. The van der Waals surface area contributed by atoms with E-state index in [1.807, 2.05) is 4.74 Å². The highest BCUT2D eigenvalue weighted by atomic mass is 19.4. The van der Waals surface area contributed by atoms with Crippen LogP contribution in [0.3, 0.4) is 0 Å². The summed E-state index contributed by atoms with van der Waals surface area (Å²) < 4.78 is 223. The summed E-state index contributed by atoms with van der Waals surface area (Å²) in [6.07, 6.45) is -38.3. The molecule has 0 saturated carbocycles. The molecule has 0 spiro atoms.